The van der Waals surface area contributed by atoms with Crippen LogP contribution in [-0.4, -0.2) is 50.2 Å². The van der Waals surface area contributed by atoms with Gasteiger partial charge < -0.3 is 19.9 Å². The Hall–Kier alpha value is -0.160. The second-order valence-corrected chi connectivity index (χ2v) is 6.96. The number of hydrogen-bond donors (Lipinski definition) is 2. The average molecular weight is 299 g/mol. The Kier molecular flexibility index (Phi) is 8.01. The van der Waals surface area contributed by atoms with Crippen molar-refractivity contribution in [2.24, 2.45) is 11.8 Å². The van der Waals surface area contributed by atoms with Crippen molar-refractivity contribution in [3.63, 3.8) is 0 Å². The quantitative estimate of drug-likeness (QED) is 0.642. The van der Waals surface area contributed by atoms with Crippen LogP contribution in [0.5, 0.6) is 0 Å². The summed E-state index contributed by atoms with van der Waals surface area (Å²) in [6.45, 7) is 5.91. The largest absolute Gasteiger partial charge is 0.389 e. The number of rotatable bonds is 9. The summed E-state index contributed by atoms with van der Waals surface area (Å²) in [5.74, 6) is 1.79. The Morgan fingerprint density at radius 2 is 2.19 bits per heavy atom. The fraction of sp³-hybridized carbons (Fsp3) is 1.00. The van der Waals surface area contributed by atoms with Crippen LogP contribution in [0.2, 0.25) is 0 Å². The molecule has 2 aliphatic rings. The Balaban J connectivity index is 1.42. The first-order chi connectivity index (χ1) is 10.2. The van der Waals surface area contributed by atoms with Crippen LogP contribution in [0.25, 0.3) is 0 Å². The summed E-state index contributed by atoms with van der Waals surface area (Å²) in [5, 5.41) is 13.2. The molecular formula is C17H33NO3. The average Bonchev–Trinajstić information content (AvgIpc) is 2.97. The summed E-state index contributed by atoms with van der Waals surface area (Å²) in [7, 11) is 0. The highest BCUT2D eigenvalue weighted by Crippen LogP contribution is 2.30. The van der Waals surface area contributed by atoms with Crippen molar-refractivity contribution in [1.82, 2.24) is 5.32 Å². The molecule has 4 unspecified atom stereocenters. The molecule has 21 heavy (non-hydrogen) atoms. The molecule has 4 heteroatoms. The fourth-order valence-corrected chi connectivity index (χ4v) is 3.57. The van der Waals surface area contributed by atoms with E-state index in [0.29, 0.717) is 19.8 Å². The zero-order valence-electron chi connectivity index (χ0n) is 13.6. The zero-order valence-corrected chi connectivity index (χ0v) is 13.6. The number of aliphatic hydroxyl groups excluding tert-OH is 1. The highest BCUT2D eigenvalue weighted by molar-refractivity contribution is 4.71. The first-order valence-corrected chi connectivity index (χ1v) is 8.82. The van der Waals surface area contributed by atoms with E-state index in [4.69, 9.17) is 9.47 Å². The van der Waals surface area contributed by atoms with Gasteiger partial charge in [-0.1, -0.05) is 26.2 Å². The maximum absolute atomic E-state index is 9.87. The molecule has 124 valence electrons. The smallest absolute Gasteiger partial charge is 0.0897 e. The second kappa shape index (κ2) is 9.78. The van der Waals surface area contributed by atoms with Crippen LogP contribution in [-0.2, 0) is 9.47 Å². The van der Waals surface area contributed by atoms with E-state index in [9.17, 15) is 5.11 Å². The molecule has 1 aliphatic heterocycles. The van der Waals surface area contributed by atoms with Crippen molar-refractivity contribution in [1.29, 1.82) is 0 Å². The third-order valence-corrected chi connectivity index (χ3v) is 4.79. The van der Waals surface area contributed by atoms with Gasteiger partial charge in [0.15, 0.2) is 0 Å². The monoisotopic (exact) mass is 299 g/mol. The second-order valence-electron chi connectivity index (χ2n) is 6.96. The van der Waals surface area contributed by atoms with E-state index in [2.05, 4.69) is 12.2 Å². The van der Waals surface area contributed by atoms with Gasteiger partial charge >= 0.3 is 0 Å². The summed E-state index contributed by atoms with van der Waals surface area (Å²) in [5.41, 5.74) is 0. The molecule has 1 saturated heterocycles. The molecule has 0 spiro atoms. The Labute approximate surface area is 129 Å². The van der Waals surface area contributed by atoms with Crippen LogP contribution in [0.15, 0.2) is 0 Å². The molecule has 0 bridgehead atoms. The van der Waals surface area contributed by atoms with Crippen LogP contribution in [0.3, 0.4) is 0 Å². The van der Waals surface area contributed by atoms with Crippen LogP contribution in [0, 0.1) is 11.8 Å². The molecule has 1 heterocycles. The van der Waals surface area contributed by atoms with Crippen molar-refractivity contribution >= 4 is 0 Å². The summed E-state index contributed by atoms with van der Waals surface area (Å²) in [6, 6.07) is 0. The third-order valence-electron chi connectivity index (χ3n) is 4.79. The standard InChI is InChI=1S/C17H33NO3/c1-14-4-2-5-15(10-14)7-8-18-11-16(19)12-20-13-17-6-3-9-21-17/h14-19H,2-13H2,1H3. The molecule has 1 aliphatic carbocycles. The SMILES string of the molecule is CC1CCCC(CCNCC(O)COCC2CCCO2)C1. The van der Waals surface area contributed by atoms with Crippen molar-refractivity contribution in [2.45, 2.75) is 64.1 Å². The minimum absolute atomic E-state index is 0.249. The summed E-state index contributed by atoms with van der Waals surface area (Å²) in [4.78, 5) is 0. The lowest BCUT2D eigenvalue weighted by atomic mass is 9.81. The van der Waals surface area contributed by atoms with Crippen molar-refractivity contribution in [3.05, 3.63) is 0 Å². The van der Waals surface area contributed by atoms with Gasteiger partial charge in [0.05, 0.1) is 25.4 Å². The van der Waals surface area contributed by atoms with E-state index in [1.165, 1.54) is 32.1 Å². The van der Waals surface area contributed by atoms with E-state index < -0.39 is 6.10 Å². The van der Waals surface area contributed by atoms with Gasteiger partial charge in [-0.3, -0.25) is 0 Å². The molecule has 0 aromatic carbocycles. The van der Waals surface area contributed by atoms with Crippen LogP contribution < -0.4 is 5.32 Å². The van der Waals surface area contributed by atoms with Gasteiger partial charge in [-0.15, -0.1) is 0 Å². The van der Waals surface area contributed by atoms with Crippen LogP contribution >= 0.6 is 0 Å². The molecule has 0 radical (unpaired) electrons. The predicted molar refractivity (Wildman–Crippen MR) is 84.4 cm³/mol. The minimum atomic E-state index is -0.406. The number of hydrogen-bond acceptors (Lipinski definition) is 4. The molecule has 2 fully saturated rings. The Morgan fingerprint density at radius 1 is 1.29 bits per heavy atom. The molecule has 4 atom stereocenters. The first kappa shape index (κ1) is 17.2. The molecule has 1 saturated carbocycles. The normalized spacial score (nSPS) is 31.4. The number of aliphatic hydroxyl groups is 1. The van der Waals surface area contributed by atoms with E-state index in [-0.39, 0.29) is 6.10 Å². The molecule has 2 rings (SSSR count). The molecular weight excluding hydrogens is 266 g/mol. The predicted octanol–water partition coefficient (Wildman–Crippen LogP) is 2.35. The van der Waals surface area contributed by atoms with Gasteiger partial charge in [0.1, 0.15) is 0 Å². The van der Waals surface area contributed by atoms with Crippen molar-refractivity contribution < 1.29 is 14.6 Å². The van der Waals surface area contributed by atoms with E-state index in [0.717, 1.165) is 37.8 Å². The first-order valence-electron chi connectivity index (χ1n) is 8.82. The zero-order chi connectivity index (χ0) is 14.9. The lowest BCUT2D eigenvalue weighted by Gasteiger charge is -2.26. The number of nitrogens with one attached hydrogen (secondary N) is 1. The van der Waals surface area contributed by atoms with Crippen molar-refractivity contribution in [3.8, 4) is 0 Å². The Bertz CT molecular complexity index is 269. The van der Waals surface area contributed by atoms with Gasteiger partial charge in [0.2, 0.25) is 0 Å². The van der Waals surface area contributed by atoms with E-state index >= 15 is 0 Å². The fourth-order valence-electron chi connectivity index (χ4n) is 3.57. The molecule has 0 aromatic heterocycles. The highest BCUT2D eigenvalue weighted by atomic mass is 16.5. The lowest BCUT2D eigenvalue weighted by molar-refractivity contribution is -0.0164. The van der Waals surface area contributed by atoms with Gasteiger partial charge in [-0.05, 0) is 44.1 Å². The van der Waals surface area contributed by atoms with Crippen LogP contribution in [0.4, 0.5) is 0 Å². The third kappa shape index (κ3) is 7.09. The van der Waals surface area contributed by atoms with Gasteiger partial charge in [-0.2, -0.15) is 0 Å². The van der Waals surface area contributed by atoms with Gasteiger partial charge in [0, 0.05) is 13.2 Å². The summed E-state index contributed by atoms with van der Waals surface area (Å²) < 4.78 is 11.0. The van der Waals surface area contributed by atoms with Crippen LogP contribution in [0.1, 0.15) is 51.9 Å². The van der Waals surface area contributed by atoms with E-state index in [1.807, 2.05) is 0 Å². The van der Waals surface area contributed by atoms with Gasteiger partial charge in [0.25, 0.3) is 0 Å². The molecule has 0 aromatic rings. The molecule has 2 N–H and O–H groups in total. The van der Waals surface area contributed by atoms with Crippen molar-refractivity contribution in [2.75, 3.05) is 32.9 Å². The van der Waals surface area contributed by atoms with E-state index in [1.54, 1.807) is 0 Å². The number of ether oxygens (including phenoxy) is 2. The maximum atomic E-state index is 9.87. The maximum Gasteiger partial charge on any atom is 0.0897 e. The topological polar surface area (TPSA) is 50.7 Å². The summed E-state index contributed by atoms with van der Waals surface area (Å²) >= 11 is 0. The summed E-state index contributed by atoms with van der Waals surface area (Å²) in [6.07, 6.45) is 8.89. The minimum Gasteiger partial charge on any atom is -0.389 e. The van der Waals surface area contributed by atoms with Gasteiger partial charge in [-0.25, -0.2) is 0 Å². The molecule has 4 nitrogen and oxygen atoms in total. The Morgan fingerprint density at radius 3 is 2.95 bits per heavy atom. The molecule has 0 amide bonds. The lowest BCUT2D eigenvalue weighted by Crippen LogP contribution is -2.33. The highest BCUT2D eigenvalue weighted by Gasteiger charge is 2.18.